The summed E-state index contributed by atoms with van der Waals surface area (Å²) in [6, 6.07) is 12.9. The van der Waals surface area contributed by atoms with Gasteiger partial charge in [-0.15, -0.1) is 0 Å². The molecule has 0 bridgehead atoms. The van der Waals surface area contributed by atoms with Crippen molar-refractivity contribution >= 4 is 16.7 Å². The van der Waals surface area contributed by atoms with Gasteiger partial charge in [0, 0.05) is 18.9 Å². The molecular weight excluding hydrogens is 280 g/mol. The molecule has 0 aliphatic rings. The van der Waals surface area contributed by atoms with Crippen LogP contribution in [0.25, 0.3) is 22.0 Å². The number of aromatic carboxylic acids is 1. The van der Waals surface area contributed by atoms with Crippen molar-refractivity contribution in [1.29, 1.82) is 0 Å². The van der Waals surface area contributed by atoms with E-state index in [-0.39, 0.29) is 0 Å². The van der Waals surface area contributed by atoms with Gasteiger partial charge >= 0.3 is 5.97 Å². The summed E-state index contributed by atoms with van der Waals surface area (Å²) in [5, 5.41) is 15.5. The maximum Gasteiger partial charge on any atom is 0.336 e. The zero-order chi connectivity index (χ0) is 15.5. The molecule has 2 aromatic carbocycles. The topological polar surface area (TPSA) is 64.3 Å². The predicted octanol–water partition coefficient (Wildman–Crippen LogP) is 3.05. The van der Waals surface area contributed by atoms with Crippen LogP contribution in [0.15, 0.2) is 48.7 Å². The van der Waals surface area contributed by atoms with Crippen molar-refractivity contribution in [2.45, 2.75) is 6.54 Å². The highest BCUT2D eigenvalue weighted by Gasteiger charge is 2.12. The van der Waals surface area contributed by atoms with Crippen molar-refractivity contribution in [3.8, 4) is 11.3 Å². The minimum Gasteiger partial charge on any atom is -0.478 e. The van der Waals surface area contributed by atoms with Gasteiger partial charge in [-0.2, -0.15) is 5.10 Å². The quantitative estimate of drug-likeness (QED) is 0.786. The minimum atomic E-state index is -0.923. The number of ether oxygens (including phenoxy) is 1. The van der Waals surface area contributed by atoms with Crippen LogP contribution in [0.3, 0.4) is 0 Å². The number of hydrogen-bond acceptors (Lipinski definition) is 3. The number of rotatable bonds is 5. The number of methoxy groups -OCH3 is 1. The molecule has 0 radical (unpaired) electrons. The smallest absolute Gasteiger partial charge is 0.336 e. The molecule has 5 heteroatoms. The van der Waals surface area contributed by atoms with E-state index in [1.54, 1.807) is 19.2 Å². The molecule has 0 amide bonds. The van der Waals surface area contributed by atoms with Gasteiger partial charge in [-0.1, -0.05) is 30.3 Å². The molecule has 3 rings (SSSR count). The molecule has 5 nitrogen and oxygen atoms in total. The maximum atomic E-state index is 11.4. The molecule has 3 aromatic rings. The van der Waals surface area contributed by atoms with E-state index in [9.17, 15) is 9.90 Å². The highest BCUT2D eigenvalue weighted by molar-refractivity contribution is 6.07. The fourth-order valence-corrected chi connectivity index (χ4v) is 2.53. The number of benzene rings is 2. The Labute approximate surface area is 127 Å². The van der Waals surface area contributed by atoms with Crippen molar-refractivity contribution in [3.63, 3.8) is 0 Å². The molecule has 0 unspecified atom stereocenters. The van der Waals surface area contributed by atoms with Crippen LogP contribution in [-0.2, 0) is 11.3 Å². The van der Waals surface area contributed by atoms with Crippen molar-refractivity contribution < 1.29 is 14.6 Å². The number of carboxylic acids is 1. The largest absolute Gasteiger partial charge is 0.478 e. The van der Waals surface area contributed by atoms with Crippen molar-refractivity contribution in [2.24, 2.45) is 0 Å². The van der Waals surface area contributed by atoms with Gasteiger partial charge < -0.3 is 9.84 Å². The summed E-state index contributed by atoms with van der Waals surface area (Å²) >= 11 is 0. The van der Waals surface area contributed by atoms with E-state index in [0.29, 0.717) is 18.7 Å². The molecule has 0 aliphatic heterocycles. The summed E-state index contributed by atoms with van der Waals surface area (Å²) in [6.45, 7) is 1.28. The van der Waals surface area contributed by atoms with Gasteiger partial charge in [-0.05, 0) is 22.9 Å². The Morgan fingerprint density at radius 1 is 1.18 bits per heavy atom. The van der Waals surface area contributed by atoms with Gasteiger partial charge in [0.15, 0.2) is 0 Å². The summed E-state index contributed by atoms with van der Waals surface area (Å²) in [4.78, 5) is 11.4. The molecule has 0 atom stereocenters. The summed E-state index contributed by atoms with van der Waals surface area (Å²) in [5.74, 6) is -0.923. The Morgan fingerprint density at radius 3 is 2.73 bits per heavy atom. The lowest BCUT2D eigenvalue weighted by atomic mass is 9.98. The van der Waals surface area contributed by atoms with Gasteiger partial charge in [-0.25, -0.2) is 4.79 Å². The van der Waals surface area contributed by atoms with E-state index in [4.69, 9.17) is 4.74 Å². The number of aromatic nitrogens is 2. The summed E-state index contributed by atoms with van der Waals surface area (Å²) in [6.07, 6.45) is 1.90. The van der Waals surface area contributed by atoms with Crippen LogP contribution in [0.1, 0.15) is 10.4 Å². The average molecular weight is 296 g/mol. The third-order valence-electron chi connectivity index (χ3n) is 3.59. The third kappa shape index (κ3) is 2.58. The van der Waals surface area contributed by atoms with Gasteiger partial charge in [0.05, 0.1) is 24.4 Å². The SMILES string of the molecule is COCCn1ccc(-c2cccc3c(C(=O)O)cccc23)n1. The van der Waals surface area contributed by atoms with E-state index >= 15 is 0 Å². The predicted molar refractivity (Wildman–Crippen MR) is 84.0 cm³/mol. The van der Waals surface area contributed by atoms with Crippen LogP contribution < -0.4 is 0 Å². The van der Waals surface area contributed by atoms with Gasteiger partial charge in [-0.3, -0.25) is 4.68 Å². The zero-order valence-electron chi connectivity index (χ0n) is 12.2. The van der Waals surface area contributed by atoms with Crippen LogP contribution in [0.4, 0.5) is 0 Å². The van der Waals surface area contributed by atoms with Crippen molar-refractivity contribution in [1.82, 2.24) is 9.78 Å². The first kappa shape index (κ1) is 14.3. The van der Waals surface area contributed by atoms with Crippen molar-refractivity contribution in [2.75, 3.05) is 13.7 Å². The zero-order valence-corrected chi connectivity index (χ0v) is 12.2. The lowest BCUT2D eigenvalue weighted by Crippen LogP contribution is -2.04. The third-order valence-corrected chi connectivity index (χ3v) is 3.59. The molecule has 0 spiro atoms. The Bertz CT molecular complexity index is 824. The Kier molecular flexibility index (Phi) is 3.89. The first-order chi connectivity index (χ1) is 10.7. The first-order valence-electron chi connectivity index (χ1n) is 6.98. The maximum absolute atomic E-state index is 11.4. The van der Waals surface area contributed by atoms with Crippen molar-refractivity contribution in [3.05, 3.63) is 54.2 Å². The van der Waals surface area contributed by atoms with Crippen LogP contribution in [0.2, 0.25) is 0 Å². The fourth-order valence-electron chi connectivity index (χ4n) is 2.53. The minimum absolute atomic E-state index is 0.304. The molecule has 112 valence electrons. The van der Waals surface area contributed by atoms with Crippen LogP contribution in [0, 0.1) is 0 Å². The molecule has 1 aromatic heterocycles. The number of fused-ring (bicyclic) bond motifs is 1. The molecular formula is C17H16N2O3. The van der Waals surface area contributed by atoms with Crippen LogP contribution >= 0.6 is 0 Å². The summed E-state index contributed by atoms with van der Waals surface area (Å²) in [7, 11) is 1.66. The van der Waals surface area contributed by atoms with Gasteiger partial charge in [0.1, 0.15) is 0 Å². The van der Waals surface area contributed by atoms with Crippen LogP contribution in [-0.4, -0.2) is 34.6 Å². The second kappa shape index (κ2) is 5.99. The molecule has 0 saturated carbocycles. The normalized spacial score (nSPS) is 11.0. The Morgan fingerprint density at radius 2 is 1.95 bits per heavy atom. The van der Waals surface area contributed by atoms with E-state index in [1.165, 1.54) is 0 Å². The molecule has 22 heavy (non-hydrogen) atoms. The molecule has 0 aliphatic carbocycles. The molecule has 1 N–H and O–H groups in total. The summed E-state index contributed by atoms with van der Waals surface area (Å²) in [5.41, 5.74) is 2.05. The molecule has 0 fully saturated rings. The van der Waals surface area contributed by atoms with E-state index in [2.05, 4.69) is 5.10 Å². The summed E-state index contributed by atoms with van der Waals surface area (Å²) < 4.78 is 6.87. The first-order valence-corrected chi connectivity index (χ1v) is 6.98. The van der Waals surface area contributed by atoms with E-state index in [1.807, 2.05) is 41.2 Å². The highest BCUT2D eigenvalue weighted by Crippen LogP contribution is 2.29. The number of nitrogens with zero attached hydrogens (tertiary/aromatic N) is 2. The lowest BCUT2D eigenvalue weighted by molar-refractivity contribution is 0.0699. The number of carboxylic acid groups (broad SMARTS) is 1. The highest BCUT2D eigenvalue weighted by atomic mass is 16.5. The van der Waals surface area contributed by atoms with E-state index < -0.39 is 5.97 Å². The fraction of sp³-hybridized carbons (Fsp3) is 0.176. The Balaban J connectivity index is 2.09. The molecule has 1 heterocycles. The number of carbonyl (C=O) groups is 1. The van der Waals surface area contributed by atoms with Gasteiger partial charge in [0.25, 0.3) is 0 Å². The lowest BCUT2D eigenvalue weighted by Gasteiger charge is -2.07. The standard InChI is InChI=1S/C17H16N2O3/c1-22-11-10-19-9-8-16(18-19)14-6-2-5-13-12(14)4-3-7-15(13)17(20)21/h2-9H,10-11H2,1H3,(H,20,21). The monoisotopic (exact) mass is 296 g/mol. The number of hydrogen-bond donors (Lipinski definition) is 1. The second-order valence-electron chi connectivity index (χ2n) is 4.97. The van der Waals surface area contributed by atoms with E-state index in [0.717, 1.165) is 22.0 Å². The Hall–Kier alpha value is -2.66. The molecule has 0 saturated heterocycles. The van der Waals surface area contributed by atoms with Gasteiger partial charge in [0.2, 0.25) is 0 Å². The average Bonchev–Trinajstić information content (AvgIpc) is 3.00. The second-order valence-corrected chi connectivity index (χ2v) is 4.97. The van der Waals surface area contributed by atoms with Crippen LogP contribution in [0.5, 0.6) is 0 Å².